The molecular weight excluding hydrogens is 321 g/mol. The first-order valence-corrected chi connectivity index (χ1v) is 8.31. The Morgan fingerprint density at radius 2 is 1.88 bits per heavy atom. The minimum atomic E-state index is -0.905. The summed E-state index contributed by atoms with van der Waals surface area (Å²) in [7, 11) is 0. The summed E-state index contributed by atoms with van der Waals surface area (Å²) < 4.78 is 13.5. The molecule has 0 spiro atoms. The average molecular weight is 341 g/mol. The van der Waals surface area contributed by atoms with Crippen LogP contribution in [0.4, 0.5) is 4.39 Å². The van der Waals surface area contributed by atoms with Crippen molar-refractivity contribution in [1.29, 1.82) is 0 Å². The van der Waals surface area contributed by atoms with Gasteiger partial charge in [-0.2, -0.15) is 0 Å². The Balaban J connectivity index is 1.74. The van der Waals surface area contributed by atoms with Crippen LogP contribution in [0.1, 0.15) is 45.9 Å². The maximum absolute atomic E-state index is 13.5. The molecule has 1 fully saturated rings. The van der Waals surface area contributed by atoms with Gasteiger partial charge < -0.3 is 10.4 Å². The summed E-state index contributed by atoms with van der Waals surface area (Å²) in [6.45, 7) is 1.71. The van der Waals surface area contributed by atoms with Gasteiger partial charge in [-0.3, -0.25) is 9.59 Å². The van der Waals surface area contributed by atoms with Gasteiger partial charge in [0.15, 0.2) is 0 Å². The fourth-order valence-corrected chi connectivity index (χ4v) is 2.94. The molecular formula is C20H20FNO3. The highest BCUT2D eigenvalue weighted by molar-refractivity contribution is 5.94. The molecule has 1 atom stereocenters. The topological polar surface area (TPSA) is 66.4 Å². The zero-order valence-corrected chi connectivity index (χ0v) is 14.0. The molecule has 1 unspecified atom stereocenters. The van der Waals surface area contributed by atoms with E-state index in [4.69, 9.17) is 5.11 Å². The van der Waals surface area contributed by atoms with E-state index in [1.54, 1.807) is 43.3 Å². The van der Waals surface area contributed by atoms with Gasteiger partial charge in [0.1, 0.15) is 5.82 Å². The van der Waals surface area contributed by atoms with Crippen LogP contribution < -0.4 is 5.32 Å². The fraction of sp³-hybridized carbons (Fsp3) is 0.300. The number of carbonyl (C=O) groups excluding carboxylic acids is 1. The van der Waals surface area contributed by atoms with Crippen molar-refractivity contribution in [2.45, 2.75) is 32.2 Å². The van der Waals surface area contributed by atoms with E-state index in [1.165, 1.54) is 6.07 Å². The highest BCUT2D eigenvalue weighted by Crippen LogP contribution is 2.41. The van der Waals surface area contributed by atoms with E-state index < -0.39 is 5.97 Å². The van der Waals surface area contributed by atoms with E-state index in [1.807, 2.05) is 0 Å². The summed E-state index contributed by atoms with van der Waals surface area (Å²) in [5.41, 5.74) is 2.61. The number of rotatable bonds is 6. The summed E-state index contributed by atoms with van der Waals surface area (Å²) in [6, 6.07) is 11.4. The second-order valence-corrected chi connectivity index (χ2v) is 6.56. The molecule has 130 valence electrons. The van der Waals surface area contributed by atoms with Crippen molar-refractivity contribution in [3.05, 3.63) is 70.5 Å². The van der Waals surface area contributed by atoms with Gasteiger partial charge in [-0.1, -0.05) is 24.3 Å². The number of aliphatic carboxylic acids is 1. The molecule has 0 bridgehead atoms. The number of amides is 1. The summed E-state index contributed by atoms with van der Waals surface area (Å²) in [4.78, 5) is 23.3. The minimum absolute atomic E-state index is 0.0680. The average Bonchev–Trinajstić information content (AvgIpc) is 3.40. The van der Waals surface area contributed by atoms with Crippen LogP contribution in [0.5, 0.6) is 0 Å². The normalized spacial score (nSPS) is 14.8. The number of nitrogens with one attached hydrogen (secondary N) is 1. The number of carboxylic acid groups (broad SMARTS) is 1. The molecule has 5 heteroatoms. The van der Waals surface area contributed by atoms with Gasteiger partial charge >= 0.3 is 5.97 Å². The highest BCUT2D eigenvalue weighted by Gasteiger charge is 2.33. The van der Waals surface area contributed by atoms with Crippen LogP contribution in [-0.2, 0) is 11.2 Å². The van der Waals surface area contributed by atoms with Crippen LogP contribution in [0, 0.1) is 18.7 Å². The van der Waals surface area contributed by atoms with Crippen molar-refractivity contribution < 1.29 is 19.1 Å². The summed E-state index contributed by atoms with van der Waals surface area (Å²) >= 11 is 0. The number of hydrogen-bond donors (Lipinski definition) is 2. The monoisotopic (exact) mass is 341 g/mol. The van der Waals surface area contributed by atoms with Crippen LogP contribution in [0.15, 0.2) is 42.5 Å². The number of aryl methyl sites for hydroxylation is 1. The van der Waals surface area contributed by atoms with Crippen LogP contribution in [-0.4, -0.2) is 17.0 Å². The van der Waals surface area contributed by atoms with E-state index in [0.717, 1.165) is 18.4 Å². The van der Waals surface area contributed by atoms with Crippen molar-refractivity contribution in [1.82, 2.24) is 5.32 Å². The summed E-state index contributed by atoms with van der Waals surface area (Å²) in [5.74, 6) is -0.989. The van der Waals surface area contributed by atoms with Crippen molar-refractivity contribution in [3.8, 4) is 0 Å². The van der Waals surface area contributed by atoms with E-state index in [2.05, 4.69) is 5.32 Å². The lowest BCUT2D eigenvalue weighted by atomic mass is 9.99. The van der Waals surface area contributed by atoms with Gasteiger partial charge in [-0.15, -0.1) is 0 Å². The Hall–Kier alpha value is -2.69. The predicted molar refractivity (Wildman–Crippen MR) is 91.9 cm³/mol. The maximum atomic E-state index is 13.5. The van der Waals surface area contributed by atoms with Gasteiger partial charge in [0.05, 0.1) is 12.5 Å². The zero-order chi connectivity index (χ0) is 18.0. The van der Waals surface area contributed by atoms with Crippen molar-refractivity contribution in [2.75, 3.05) is 0 Å². The Morgan fingerprint density at radius 3 is 2.44 bits per heavy atom. The molecule has 1 amide bonds. The second-order valence-electron chi connectivity index (χ2n) is 6.56. The smallest absolute Gasteiger partial charge is 0.307 e. The Morgan fingerprint density at radius 1 is 1.20 bits per heavy atom. The quantitative estimate of drug-likeness (QED) is 0.843. The zero-order valence-electron chi connectivity index (χ0n) is 14.0. The Bertz CT molecular complexity index is 797. The molecule has 1 aliphatic carbocycles. The van der Waals surface area contributed by atoms with Crippen molar-refractivity contribution in [2.24, 2.45) is 5.92 Å². The lowest BCUT2D eigenvalue weighted by Gasteiger charge is -2.19. The lowest BCUT2D eigenvalue weighted by molar-refractivity contribution is -0.136. The first kappa shape index (κ1) is 17.1. The molecule has 3 rings (SSSR count). The number of benzene rings is 2. The number of carbonyl (C=O) groups is 2. The van der Waals surface area contributed by atoms with E-state index in [-0.39, 0.29) is 24.2 Å². The van der Waals surface area contributed by atoms with Crippen molar-refractivity contribution in [3.63, 3.8) is 0 Å². The van der Waals surface area contributed by atoms with Gasteiger partial charge in [0.25, 0.3) is 5.91 Å². The van der Waals surface area contributed by atoms with Gasteiger partial charge in [-0.25, -0.2) is 4.39 Å². The third kappa shape index (κ3) is 4.24. The summed E-state index contributed by atoms with van der Waals surface area (Å²) in [6.07, 6.45) is 2.01. The largest absolute Gasteiger partial charge is 0.481 e. The molecule has 4 nitrogen and oxygen atoms in total. The van der Waals surface area contributed by atoms with E-state index in [9.17, 15) is 14.0 Å². The van der Waals surface area contributed by atoms with Gasteiger partial charge in [0.2, 0.25) is 0 Å². The molecule has 0 saturated heterocycles. The highest BCUT2D eigenvalue weighted by atomic mass is 19.1. The van der Waals surface area contributed by atoms with E-state index in [0.29, 0.717) is 22.6 Å². The minimum Gasteiger partial charge on any atom is -0.481 e. The third-order valence-corrected chi connectivity index (χ3v) is 4.49. The first-order chi connectivity index (χ1) is 11.9. The van der Waals surface area contributed by atoms with Crippen LogP contribution in [0.2, 0.25) is 0 Å². The maximum Gasteiger partial charge on any atom is 0.307 e. The molecule has 25 heavy (non-hydrogen) atoms. The number of hydrogen-bond acceptors (Lipinski definition) is 2. The molecule has 1 aliphatic rings. The molecule has 0 aliphatic heterocycles. The molecule has 0 radical (unpaired) electrons. The molecule has 1 saturated carbocycles. The molecule has 2 aromatic rings. The second kappa shape index (κ2) is 7.05. The molecule has 0 heterocycles. The number of carboxylic acids is 1. The van der Waals surface area contributed by atoms with E-state index >= 15 is 0 Å². The SMILES string of the molecule is Cc1cc(C(NC(=O)c2ccc(CC(=O)O)cc2)C2CC2)ccc1F. The fourth-order valence-electron chi connectivity index (χ4n) is 2.94. The predicted octanol–water partition coefficient (Wildman–Crippen LogP) is 3.64. The summed E-state index contributed by atoms with van der Waals surface area (Å²) in [5, 5.41) is 11.8. The molecule has 2 aromatic carbocycles. The Labute approximate surface area is 145 Å². The molecule has 0 aromatic heterocycles. The first-order valence-electron chi connectivity index (χ1n) is 8.31. The van der Waals surface area contributed by atoms with Crippen LogP contribution in [0.25, 0.3) is 0 Å². The third-order valence-electron chi connectivity index (χ3n) is 4.49. The van der Waals surface area contributed by atoms with Crippen molar-refractivity contribution >= 4 is 11.9 Å². The molecule has 2 N–H and O–H groups in total. The Kier molecular flexibility index (Phi) is 4.83. The standard InChI is InChI=1S/C20H20FNO3/c1-12-10-16(8-9-17(12)21)19(14-6-7-14)22-20(25)15-4-2-13(3-5-15)11-18(23)24/h2-5,8-10,14,19H,6-7,11H2,1H3,(H,22,25)(H,23,24). The van der Waals surface area contributed by atoms with Crippen LogP contribution >= 0.6 is 0 Å². The van der Waals surface area contributed by atoms with Gasteiger partial charge in [-0.05, 0) is 60.6 Å². The lowest BCUT2D eigenvalue weighted by Crippen LogP contribution is -2.30. The van der Waals surface area contributed by atoms with Crippen LogP contribution in [0.3, 0.4) is 0 Å². The van der Waals surface area contributed by atoms with Gasteiger partial charge in [0, 0.05) is 5.56 Å². The number of halogens is 1.